The van der Waals surface area contributed by atoms with E-state index in [2.05, 4.69) is 10.2 Å². The van der Waals surface area contributed by atoms with Crippen LogP contribution in [0.15, 0.2) is 30.3 Å². The molecule has 0 amide bonds. The molecule has 7 heteroatoms. The number of halogens is 2. The van der Waals surface area contributed by atoms with Gasteiger partial charge >= 0.3 is 0 Å². The van der Waals surface area contributed by atoms with Crippen molar-refractivity contribution in [3.8, 4) is 17.2 Å². The van der Waals surface area contributed by atoms with Crippen LogP contribution in [0.4, 0.5) is 0 Å². The summed E-state index contributed by atoms with van der Waals surface area (Å²) in [6.45, 7) is 0. The maximum absolute atomic E-state index is 9.77. The minimum Gasteiger partial charge on any atom is -0.508 e. The van der Waals surface area contributed by atoms with Gasteiger partial charge in [0.25, 0.3) is 0 Å². The number of phenols is 2. The molecular weight excluding hydrogens is 289 g/mol. The second kappa shape index (κ2) is 4.29. The summed E-state index contributed by atoms with van der Waals surface area (Å²) in [4.78, 5) is 1.26. The molecule has 3 rings (SSSR count). The number of nitrogens with zero attached hydrogens (tertiary/aromatic N) is 3. The average Bonchev–Trinajstić information content (AvgIpc) is 2.72. The number of hydrogen-bond donors (Lipinski definition) is 2. The lowest BCUT2D eigenvalue weighted by molar-refractivity contribution is 0.446. The highest BCUT2D eigenvalue weighted by Gasteiger charge is 2.11. The maximum Gasteiger partial charge on any atom is 0.146 e. The molecule has 1 aromatic heterocycles. The molecule has 0 aliphatic carbocycles. The summed E-state index contributed by atoms with van der Waals surface area (Å²) < 4.78 is 0. The highest BCUT2D eigenvalue weighted by Crippen LogP contribution is 2.29. The Bertz CT molecular complexity index is 747. The zero-order valence-corrected chi connectivity index (χ0v) is 10.9. The maximum atomic E-state index is 9.77. The van der Waals surface area contributed by atoms with Crippen LogP contribution in [-0.2, 0) is 0 Å². The van der Waals surface area contributed by atoms with Crippen LogP contribution in [0.1, 0.15) is 0 Å². The van der Waals surface area contributed by atoms with Gasteiger partial charge in [0.2, 0.25) is 0 Å². The minimum absolute atomic E-state index is 0.0379. The van der Waals surface area contributed by atoms with E-state index in [0.717, 1.165) is 0 Å². The summed E-state index contributed by atoms with van der Waals surface area (Å²) in [5.41, 5.74) is 1.46. The van der Waals surface area contributed by atoms with Crippen LogP contribution in [-0.4, -0.2) is 25.2 Å². The molecule has 0 aliphatic rings. The third-order valence-electron chi connectivity index (χ3n) is 2.60. The molecule has 0 saturated heterocycles. The summed E-state index contributed by atoms with van der Waals surface area (Å²) in [7, 11) is 0. The van der Waals surface area contributed by atoms with Crippen molar-refractivity contribution in [2.24, 2.45) is 0 Å². The molecule has 0 fully saturated rings. The summed E-state index contributed by atoms with van der Waals surface area (Å²) in [5, 5.41) is 28.2. The van der Waals surface area contributed by atoms with E-state index < -0.39 is 0 Å². The molecule has 1 heterocycles. The molecule has 0 aliphatic heterocycles. The fraction of sp³-hybridized carbons (Fsp3) is 0. The van der Waals surface area contributed by atoms with Crippen molar-refractivity contribution in [3.63, 3.8) is 0 Å². The summed E-state index contributed by atoms with van der Waals surface area (Å²) in [5.74, 6) is -0.165. The van der Waals surface area contributed by atoms with Crippen LogP contribution in [0.2, 0.25) is 10.0 Å². The van der Waals surface area contributed by atoms with E-state index in [1.807, 2.05) is 0 Å². The molecule has 2 N–H and O–H groups in total. The van der Waals surface area contributed by atoms with Crippen LogP contribution in [0, 0.1) is 0 Å². The van der Waals surface area contributed by atoms with Crippen LogP contribution < -0.4 is 0 Å². The average molecular weight is 296 g/mol. The summed E-state index contributed by atoms with van der Waals surface area (Å²) in [6, 6.07) is 7.35. The predicted molar refractivity (Wildman–Crippen MR) is 72.2 cm³/mol. The predicted octanol–water partition coefficient (Wildman–Crippen LogP) is 3.14. The van der Waals surface area contributed by atoms with Gasteiger partial charge < -0.3 is 10.2 Å². The number of aromatic hydroxyl groups is 2. The van der Waals surface area contributed by atoms with Gasteiger partial charge in [0.05, 0.1) is 10.0 Å². The fourth-order valence-electron chi connectivity index (χ4n) is 1.70. The highest BCUT2D eigenvalue weighted by molar-refractivity contribution is 6.42. The smallest absolute Gasteiger partial charge is 0.146 e. The van der Waals surface area contributed by atoms with E-state index in [-0.39, 0.29) is 11.5 Å². The molecule has 5 nitrogen and oxygen atoms in total. The quantitative estimate of drug-likeness (QED) is 0.723. The number of hydrogen-bond acceptors (Lipinski definition) is 4. The van der Waals surface area contributed by atoms with Crippen LogP contribution in [0.25, 0.3) is 16.7 Å². The molecule has 0 atom stereocenters. The van der Waals surface area contributed by atoms with Crippen molar-refractivity contribution in [1.29, 1.82) is 0 Å². The van der Waals surface area contributed by atoms with Gasteiger partial charge in [-0.05, 0) is 24.3 Å². The number of rotatable bonds is 1. The Morgan fingerprint density at radius 2 is 1.47 bits per heavy atom. The largest absolute Gasteiger partial charge is 0.508 e. The van der Waals surface area contributed by atoms with Gasteiger partial charge in [-0.15, -0.1) is 15.0 Å². The molecule has 19 heavy (non-hydrogen) atoms. The summed E-state index contributed by atoms with van der Waals surface area (Å²) >= 11 is 11.8. The van der Waals surface area contributed by atoms with Crippen LogP contribution in [0.5, 0.6) is 11.5 Å². The molecule has 0 saturated carbocycles. The van der Waals surface area contributed by atoms with Gasteiger partial charge in [-0.3, -0.25) is 0 Å². The second-order valence-corrected chi connectivity index (χ2v) is 4.73. The standard InChI is InChI=1S/C12H7Cl2N3O2/c13-7-4-9-10(5-8(7)14)16-17(15-9)11-2-1-6(18)3-12(11)19/h1-5,18-19H. The third-order valence-corrected chi connectivity index (χ3v) is 3.32. The SMILES string of the molecule is Oc1ccc(-n2nc3cc(Cl)c(Cl)cc3n2)c(O)c1. The van der Waals surface area contributed by atoms with E-state index >= 15 is 0 Å². The monoisotopic (exact) mass is 295 g/mol. The first-order valence-corrected chi connectivity index (χ1v) is 6.04. The Morgan fingerprint density at radius 3 is 2.00 bits per heavy atom. The molecular formula is C12H7Cl2N3O2. The lowest BCUT2D eigenvalue weighted by Gasteiger charge is -2.02. The Balaban J connectivity index is 2.20. The number of benzene rings is 2. The third kappa shape index (κ3) is 2.07. The highest BCUT2D eigenvalue weighted by atomic mass is 35.5. The Morgan fingerprint density at radius 1 is 0.895 bits per heavy atom. The molecule has 0 unspecified atom stereocenters. The van der Waals surface area contributed by atoms with E-state index in [1.54, 1.807) is 12.1 Å². The number of phenolic OH excluding ortho intramolecular Hbond substituents is 2. The van der Waals surface area contributed by atoms with Crippen LogP contribution >= 0.6 is 23.2 Å². The van der Waals surface area contributed by atoms with E-state index in [4.69, 9.17) is 23.2 Å². The van der Waals surface area contributed by atoms with Gasteiger partial charge in [0.1, 0.15) is 28.2 Å². The van der Waals surface area contributed by atoms with Gasteiger partial charge in [0, 0.05) is 6.07 Å². The lowest BCUT2D eigenvalue weighted by atomic mass is 10.3. The number of aromatic nitrogens is 3. The first kappa shape index (κ1) is 12.1. The lowest BCUT2D eigenvalue weighted by Crippen LogP contribution is -1.98. The topological polar surface area (TPSA) is 71.2 Å². The van der Waals surface area contributed by atoms with Crippen molar-refractivity contribution >= 4 is 34.2 Å². The molecule has 3 aromatic rings. The number of fused-ring (bicyclic) bond motifs is 1. The second-order valence-electron chi connectivity index (χ2n) is 3.92. The Labute approximate surface area is 117 Å². The van der Waals surface area contributed by atoms with Crippen molar-refractivity contribution < 1.29 is 10.2 Å². The van der Waals surface area contributed by atoms with Gasteiger partial charge in [-0.1, -0.05) is 23.2 Å². The first-order valence-electron chi connectivity index (χ1n) is 5.29. The summed E-state index contributed by atoms with van der Waals surface area (Å²) in [6.07, 6.45) is 0. The molecule has 2 aromatic carbocycles. The minimum atomic E-state index is -0.127. The van der Waals surface area contributed by atoms with Gasteiger partial charge in [0.15, 0.2) is 0 Å². The molecule has 0 bridgehead atoms. The zero-order chi connectivity index (χ0) is 13.6. The Kier molecular flexibility index (Phi) is 2.73. The normalized spacial score (nSPS) is 11.1. The van der Waals surface area contributed by atoms with E-state index in [0.29, 0.717) is 26.8 Å². The molecule has 0 spiro atoms. The molecule has 96 valence electrons. The van der Waals surface area contributed by atoms with Gasteiger partial charge in [-0.25, -0.2) is 0 Å². The van der Waals surface area contributed by atoms with Crippen molar-refractivity contribution in [1.82, 2.24) is 15.0 Å². The fourth-order valence-corrected chi connectivity index (χ4v) is 2.02. The van der Waals surface area contributed by atoms with E-state index in [1.165, 1.54) is 23.0 Å². The van der Waals surface area contributed by atoms with Crippen molar-refractivity contribution in [2.45, 2.75) is 0 Å². The van der Waals surface area contributed by atoms with Crippen LogP contribution in [0.3, 0.4) is 0 Å². The zero-order valence-electron chi connectivity index (χ0n) is 9.38. The van der Waals surface area contributed by atoms with Crippen molar-refractivity contribution in [2.75, 3.05) is 0 Å². The van der Waals surface area contributed by atoms with E-state index in [9.17, 15) is 10.2 Å². The Hall–Kier alpha value is -1.98. The first-order chi connectivity index (χ1) is 9.04. The van der Waals surface area contributed by atoms with Gasteiger partial charge in [-0.2, -0.15) is 0 Å². The van der Waals surface area contributed by atoms with Crippen molar-refractivity contribution in [3.05, 3.63) is 40.4 Å². The molecule has 0 radical (unpaired) electrons.